The normalized spacial score (nSPS) is 12.1. The zero-order valence-corrected chi connectivity index (χ0v) is 11.2. The van der Waals surface area contributed by atoms with Crippen LogP contribution in [0.25, 0.3) is 0 Å². The molecule has 1 rings (SSSR count). The fraction of sp³-hybridized carbons (Fsp3) is 0.692. The zero-order valence-electron chi connectivity index (χ0n) is 11.2. The van der Waals surface area contributed by atoms with Gasteiger partial charge in [-0.3, -0.25) is 0 Å². The Kier molecular flexibility index (Phi) is 3.96. The first kappa shape index (κ1) is 13.7. The van der Waals surface area contributed by atoms with Crippen LogP contribution in [-0.4, -0.2) is 16.2 Å². The van der Waals surface area contributed by atoms with Gasteiger partial charge in [0.15, 0.2) is 5.76 Å². The largest absolute Gasteiger partial charge is 0.477 e. The third-order valence-corrected chi connectivity index (χ3v) is 2.99. The predicted octanol–water partition coefficient (Wildman–Crippen LogP) is 3.57. The van der Waals surface area contributed by atoms with Crippen LogP contribution < -0.4 is 0 Å². The number of carboxylic acid groups (broad SMARTS) is 1. The second-order valence-corrected chi connectivity index (χ2v) is 5.34. The van der Waals surface area contributed by atoms with Gasteiger partial charge < -0.3 is 9.63 Å². The minimum Gasteiger partial charge on any atom is -0.477 e. The Morgan fingerprint density at radius 1 is 1.35 bits per heavy atom. The molecule has 0 radical (unpaired) electrons. The van der Waals surface area contributed by atoms with Gasteiger partial charge in [-0.15, -0.1) is 0 Å². The van der Waals surface area contributed by atoms with Gasteiger partial charge >= 0.3 is 5.97 Å². The first-order valence-corrected chi connectivity index (χ1v) is 6.06. The highest BCUT2D eigenvalue weighted by Gasteiger charge is 2.32. The SMILES string of the molecule is CCC(CC)c1noc(C(C)(C)C)c1C(=O)O. The highest BCUT2D eigenvalue weighted by Crippen LogP contribution is 2.33. The van der Waals surface area contributed by atoms with Gasteiger partial charge in [-0.05, 0) is 12.8 Å². The van der Waals surface area contributed by atoms with Gasteiger partial charge in [0.2, 0.25) is 0 Å². The van der Waals surface area contributed by atoms with E-state index in [9.17, 15) is 9.90 Å². The van der Waals surface area contributed by atoms with E-state index in [0.717, 1.165) is 12.8 Å². The maximum atomic E-state index is 11.4. The van der Waals surface area contributed by atoms with Gasteiger partial charge in [-0.2, -0.15) is 0 Å². The van der Waals surface area contributed by atoms with Crippen molar-refractivity contribution in [2.24, 2.45) is 0 Å². The third kappa shape index (κ3) is 2.68. The smallest absolute Gasteiger partial charge is 0.341 e. The number of hydrogen-bond acceptors (Lipinski definition) is 3. The van der Waals surface area contributed by atoms with E-state index in [4.69, 9.17) is 4.52 Å². The van der Waals surface area contributed by atoms with Crippen LogP contribution in [0.5, 0.6) is 0 Å². The molecule has 1 aromatic heterocycles. The molecule has 0 aliphatic heterocycles. The quantitative estimate of drug-likeness (QED) is 0.872. The molecule has 1 heterocycles. The Bertz CT molecular complexity index is 397. The van der Waals surface area contributed by atoms with E-state index in [0.29, 0.717) is 11.5 Å². The number of aromatic carboxylic acids is 1. The molecule has 4 nitrogen and oxygen atoms in total. The summed E-state index contributed by atoms with van der Waals surface area (Å²) in [5.74, 6) is -0.328. The van der Waals surface area contributed by atoms with Gasteiger partial charge in [0.05, 0.1) is 0 Å². The van der Waals surface area contributed by atoms with E-state index in [1.54, 1.807) is 0 Å². The van der Waals surface area contributed by atoms with Crippen LogP contribution in [0.1, 0.15) is 75.2 Å². The van der Waals surface area contributed by atoms with Gasteiger partial charge in [-0.1, -0.05) is 39.8 Å². The molecule has 0 aliphatic rings. The number of hydrogen-bond donors (Lipinski definition) is 1. The zero-order chi connectivity index (χ0) is 13.2. The molecule has 0 atom stereocenters. The molecule has 0 aromatic carbocycles. The third-order valence-electron chi connectivity index (χ3n) is 2.99. The molecular formula is C13H21NO3. The number of rotatable bonds is 4. The van der Waals surface area contributed by atoms with Crippen LogP contribution in [0, 0.1) is 0 Å². The molecule has 0 spiro atoms. The molecule has 0 unspecified atom stereocenters. The van der Waals surface area contributed by atoms with Crippen LogP contribution in [0.3, 0.4) is 0 Å². The highest BCUT2D eigenvalue weighted by atomic mass is 16.5. The van der Waals surface area contributed by atoms with Gasteiger partial charge in [-0.25, -0.2) is 4.79 Å². The maximum Gasteiger partial charge on any atom is 0.341 e. The van der Waals surface area contributed by atoms with Crippen LogP contribution in [0.4, 0.5) is 0 Å². The van der Waals surface area contributed by atoms with Crippen molar-refractivity contribution >= 4 is 5.97 Å². The molecule has 0 amide bonds. The molecule has 4 heteroatoms. The first-order chi connectivity index (χ1) is 7.82. The minimum absolute atomic E-state index is 0.154. The Labute approximate surface area is 102 Å². The summed E-state index contributed by atoms with van der Waals surface area (Å²) in [5, 5.41) is 13.3. The van der Waals surface area contributed by atoms with Crippen molar-refractivity contribution in [3.05, 3.63) is 17.0 Å². The molecule has 0 fully saturated rings. The fourth-order valence-corrected chi connectivity index (χ4v) is 1.98. The lowest BCUT2D eigenvalue weighted by atomic mass is 9.87. The van der Waals surface area contributed by atoms with E-state index in [2.05, 4.69) is 5.16 Å². The lowest BCUT2D eigenvalue weighted by Crippen LogP contribution is -2.16. The second kappa shape index (κ2) is 4.90. The Hall–Kier alpha value is -1.32. The molecule has 0 aliphatic carbocycles. The van der Waals surface area contributed by atoms with Gasteiger partial charge in [0.1, 0.15) is 11.3 Å². The highest BCUT2D eigenvalue weighted by molar-refractivity contribution is 5.90. The summed E-state index contributed by atoms with van der Waals surface area (Å²) < 4.78 is 5.28. The topological polar surface area (TPSA) is 63.3 Å². The molecule has 0 bridgehead atoms. The van der Waals surface area contributed by atoms with Crippen LogP contribution >= 0.6 is 0 Å². The average Bonchev–Trinajstić information content (AvgIpc) is 2.63. The second-order valence-electron chi connectivity index (χ2n) is 5.34. The number of nitrogens with zero attached hydrogens (tertiary/aromatic N) is 1. The van der Waals surface area contributed by atoms with E-state index in [-0.39, 0.29) is 16.9 Å². The van der Waals surface area contributed by atoms with Crippen molar-refractivity contribution in [1.82, 2.24) is 5.16 Å². The number of carbonyl (C=O) groups is 1. The van der Waals surface area contributed by atoms with E-state index in [1.807, 2.05) is 34.6 Å². The summed E-state index contributed by atoms with van der Waals surface area (Å²) in [6, 6.07) is 0. The number of carboxylic acids is 1. The van der Waals surface area contributed by atoms with Crippen LogP contribution in [0.15, 0.2) is 4.52 Å². The van der Waals surface area contributed by atoms with Crippen LogP contribution in [0.2, 0.25) is 0 Å². The van der Waals surface area contributed by atoms with Crippen molar-refractivity contribution < 1.29 is 14.4 Å². The van der Waals surface area contributed by atoms with Crippen LogP contribution in [-0.2, 0) is 5.41 Å². The number of aromatic nitrogens is 1. The van der Waals surface area contributed by atoms with E-state index in [1.165, 1.54) is 0 Å². The monoisotopic (exact) mass is 239 g/mol. The van der Waals surface area contributed by atoms with Crippen molar-refractivity contribution in [3.63, 3.8) is 0 Å². The molecule has 1 N–H and O–H groups in total. The Morgan fingerprint density at radius 3 is 2.24 bits per heavy atom. The fourth-order valence-electron chi connectivity index (χ4n) is 1.98. The average molecular weight is 239 g/mol. The minimum atomic E-state index is -0.946. The van der Waals surface area contributed by atoms with E-state index >= 15 is 0 Å². The lowest BCUT2D eigenvalue weighted by Gasteiger charge is -2.15. The molecule has 17 heavy (non-hydrogen) atoms. The lowest BCUT2D eigenvalue weighted by molar-refractivity contribution is 0.0690. The summed E-state index contributed by atoms with van der Waals surface area (Å²) in [6.07, 6.45) is 1.74. The summed E-state index contributed by atoms with van der Waals surface area (Å²) in [7, 11) is 0. The van der Waals surface area contributed by atoms with Gasteiger partial charge in [0.25, 0.3) is 0 Å². The molecule has 0 saturated carbocycles. The van der Waals surface area contributed by atoms with Crippen molar-refractivity contribution in [1.29, 1.82) is 0 Å². The summed E-state index contributed by atoms with van der Waals surface area (Å²) in [4.78, 5) is 11.4. The first-order valence-electron chi connectivity index (χ1n) is 6.06. The molecule has 0 saturated heterocycles. The Morgan fingerprint density at radius 2 is 1.88 bits per heavy atom. The Balaban J connectivity index is 3.34. The summed E-state index contributed by atoms with van der Waals surface area (Å²) in [5.41, 5.74) is 0.504. The van der Waals surface area contributed by atoms with Gasteiger partial charge in [0, 0.05) is 11.3 Å². The van der Waals surface area contributed by atoms with Crippen molar-refractivity contribution in [2.75, 3.05) is 0 Å². The molecule has 1 aromatic rings. The maximum absolute atomic E-state index is 11.4. The molecular weight excluding hydrogens is 218 g/mol. The predicted molar refractivity (Wildman–Crippen MR) is 65.5 cm³/mol. The summed E-state index contributed by atoms with van der Waals surface area (Å²) in [6.45, 7) is 9.85. The van der Waals surface area contributed by atoms with Crippen molar-refractivity contribution in [2.45, 2.75) is 58.8 Å². The standard InChI is InChI=1S/C13H21NO3/c1-6-8(7-2)10-9(12(15)16)11(17-14-10)13(3,4)5/h8H,6-7H2,1-5H3,(H,15,16). The molecule has 96 valence electrons. The van der Waals surface area contributed by atoms with Crippen molar-refractivity contribution in [3.8, 4) is 0 Å². The summed E-state index contributed by atoms with van der Waals surface area (Å²) >= 11 is 0. The van der Waals surface area contributed by atoms with E-state index < -0.39 is 5.97 Å².